The van der Waals surface area contributed by atoms with Crippen LogP contribution in [-0.2, 0) is 16.0 Å². The van der Waals surface area contributed by atoms with Crippen LogP contribution in [0, 0.1) is 0 Å². The van der Waals surface area contributed by atoms with Gasteiger partial charge in [0, 0.05) is 33.3 Å². The second kappa shape index (κ2) is 10.3. The summed E-state index contributed by atoms with van der Waals surface area (Å²) in [7, 11) is 5.08. The van der Waals surface area contributed by atoms with Gasteiger partial charge in [-0.05, 0) is 36.2 Å². The smallest absolute Gasteiger partial charge is 0.259 e. The van der Waals surface area contributed by atoms with Crippen molar-refractivity contribution in [2.45, 2.75) is 12.8 Å². The second-order valence-electron chi connectivity index (χ2n) is 6.28. The van der Waals surface area contributed by atoms with Crippen LogP contribution >= 0.6 is 0 Å². The summed E-state index contributed by atoms with van der Waals surface area (Å²) < 4.78 is 10.6. The molecule has 0 spiro atoms. The molecule has 2 rings (SSSR count). The van der Waals surface area contributed by atoms with Gasteiger partial charge in [0.1, 0.15) is 12.4 Å². The van der Waals surface area contributed by atoms with E-state index in [1.807, 2.05) is 30.3 Å². The van der Waals surface area contributed by atoms with Crippen molar-refractivity contribution in [3.05, 3.63) is 59.7 Å². The molecule has 0 unspecified atom stereocenters. The minimum Gasteiger partial charge on any atom is -0.490 e. The number of aryl methyl sites for hydroxylation is 1. The lowest BCUT2D eigenvalue weighted by atomic mass is 10.1. The Labute approximate surface area is 160 Å². The standard InChI is InChI=1S/C21H26N2O4/c1-23(2)20(24)12-11-16-7-6-8-17(15-16)22-21(25)18-9-4-5-10-19(18)27-14-13-26-3/h4-10,15H,11-14H2,1-3H3,(H,22,25). The number of nitrogens with zero attached hydrogens (tertiary/aromatic N) is 1. The van der Waals surface area contributed by atoms with Gasteiger partial charge in [-0.15, -0.1) is 0 Å². The molecule has 0 aliphatic heterocycles. The Bertz CT molecular complexity index is 774. The molecule has 0 bridgehead atoms. The fraction of sp³-hybridized carbons (Fsp3) is 0.333. The van der Waals surface area contributed by atoms with Crippen molar-refractivity contribution in [1.82, 2.24) is 4.90 Å². The molecule has 0 fully saturated rings. The highest BCUT2D eigenvalue weighted by atomic mass is 16.5. The van der Waals surface area contributed by atoms with Crippen molar-refractivity contribution in [3.63, 3.8) is 0 Å². The molecule has 1 N–H and O–H groups in total. The van der Waals surface area contributed by atoms with E-state index in [2.05, 4.69) is 5.32 Å². The van der Waals surface area contributed by atoms with Gasteiger partial charge in [-0.2, -0.15) is 0 Å². The van der Waals surface area contributed by atoms with Crippen molar-refractivity contribution in [2.75, 3.05) is 39.7 Å². The van der Waals surface area contributed by atoms with Crippen LogP contribution in [0.3, 0.4) is 0 Å². The van der Waals surface area contributed by atoms with E-state index < -0.39 is 0 Å². The molecule has 0 aromatic heterocycles. The summed E-state index contributed by atoms with van der Waals surface area (Å²) in [5, 5.41) is 2.89. The number of rotatable bonds is 9. The summed E-state index contributed by atoms with van der Waals surface area (Å²) in [5.41, 5.74) is 2.14. The first-order chi connectivity index (χ1) is 13.0. The number of para-hydroxylation sites is 1. The van der Waals surface area contributed by atoms with E-state index in [4.69, 9.17) is 9.47 Å². The van der Waals surface area contributed by atoms with Crippen LogP contribution in [-0.4, -0.2) is 51.1 Å². The predicted octanol–water partition coefficient (Wildman–Crippen LogP) is 2.98. The largest absolute Gasteiger partial charge is 0.490 e. The third kappa shape index (κ3) is 6.42. The normalized spacial score (nSPS) is 10.3. The summed E-state index contributed by atoms with van der Waals surface area (Å²) in [6.07, 6.45) is 1.05. The Morgan fingerprint density at radius 1 is 1.04 bits per heavy atom. The Morgan fingerprint density at radius 3 is 2.56 bits per heavy atom. The van der Waals surface area contributed by atoms with Crippen LogP contribution in [0.4, 0.5) is 5.69 Å². The Hall–Kier alpha value is -2.86. The molecular weight excluding hydrogens is 344 g/mol. The van der Waals surface area contributed by atoms with E-state index in [-0.39, 0.29) is 11.8 Å². The van der Waals surface area contributed by atoms with Gasteiger partial charge in [0.25, 0.3) is 5.91 Å². The maximum Gasteiger partial charge on any atom is 0.259 e. The Kier molecular flexibility index (Phi) is 7.82. The third-order valence-electron chi connectivity index (χ3n) is 3.99. The molecule has 2 aromatic carbocycles. The number of carbonyl (C=O) groups excluding carboxylic acids is 2. The zero-order valence-electron chi connectivity index (χ0n) is 16.0. The number of hydrogen-bond donors (Lipinski definition) is 1. The summed E-state index contributed by atoms with van der Waals surface area (Å²) in [6.45, 7) is 0.819. The summed E-state index contributed by atoms with van der Waals surface area (Å²) in [6, 6.07) is 14.6. The quantitative estimate of drug-likeness (QED) is 0.689. The molecule has 0 radical (unpaired) electrons. The highest BCUT2D eigenvalue weighted by Gasteiger charge is 2.13. The van der Waals surface area contributed by atoms with Crippen LogP contribution in [0.1, 0.15) is 22.3 Å². The number of anilines is 1. The van der Waals surface area contributed by atoms with E-state index in [0.29, 0.717) is 43.1 Å². The molecule has 6 nitrogen and oxygen atoms in total. The van der Waals surface area contributed by atoms with Crippen molar-refractivity contribution in [2.24, 2.45) is 0 Å². The maximum absolute atomic E-state index is 12.7. The second-order valence-corrected chi connectivity index (χ2v) is 6.28. The minimum absolute atomic E-state index is 0.0755. The summed E-state index contributed by atoms with van der Waals surface area (Å²) in [5.74, 6) is 0.343. The van der Waals surface area contributed by atoms with Gasteiger partial charge in [-0.1, -0.05) is 24.3 Å². The topological polar surface area (TPSA) is 67.9 Å². The average molecular weight is 370 g/mol. The van der Waals surface area contributed by atoms with Crippen molar-refractivity contribution in [1.29, 1.82) is 0 Å². The molecule has 0 saturated heterocycles. The number of amides is 2. The number of methoxy groups -OCH3 is 1. The SMILES string of the molecule is COCCOc1ccccc1C(=O)Nc1cccc(CCC(=O)N(C)C)c1. The number of carbonyl (C=O) groups is 2. The van der Waals surface area contributed by atoms with Crippen molar-refractivity contribution in [3.8, 4) is 5.75 Å². The number of nitrogens with one attached hydrogen (secondary N) is 1. The molecule has 0 heterocycles. The number of ether oxygens (including phenoxy) is 2. The van der Waals surface area contributed by atoms with Crippen molar-refractivity contribution < 1.29 is 19.1 Å². The summed E-state index contributed by atoms with van der Waals surface area (Å²) >= 11 is 0. The molecule has 144 valence electrons. The fourth-order valence-electron chi connectivity index (χ4n) is 2.49. The lowest BCUT2D eigenvalue weighted by Crippen LogP contribution is -2.21. The highest BCUT2D eigenvalue weighted by molar-refractivity contribution is 6.06. The van der Waals surface area contributed by atoms with E-state index >= 15 is 0 Å². The summed E-state index contributed by atoms with van der Waals surface area (Å²) in [4.78, 5) is 26.0. The van der Waals surface area contributed by atoms with Gasteiger partial charge in [0.15, 0.2) is 0 Å². The lowest BCUT2D eigenvalue weighted by Gasteiger charge is -2.12. The number of hydrogen-bond acceptors (Lipinski definition) is 4. The predicted molar refractivity (Wildman–Crippen MR) is 105 cm³/mol. The lowest BCUT2D eigenvalue weighted by molar-refractivity contribution is -0.128. The molecule has 0 saturated carbocycles. The van der Waals surface area contributed by atoms with Crippen LogP contribution in [0.2, 0.25) is 0 Å². The van der Waals surface area contributed by atoms with Crippen LogP contribution in [0.15, 0.2) is 48.5 Å². The van der Waals surface area contributed by atoms with E-state index in [9.17, 15) is 9.59 Å². The van der Waals surface area contributed by atoms with E-state index in [1.54, 1.807) is 44.3 Å². The maximum atomic E-state index is 12.7. The first kappa shape index (κ1) is 20.5. The Morgan fingerprint density at radius 2 is 1.81 bits per heavy atom. The molecule has 2 aromatic rings. The highest BCUT2D eigenvalue weighted by Crippen LogP contribution is 2.20. The molecule has 27 heavy (non-hydrogen) atoms. The van der Waals surface area contributed by atoms with Gasteiger partial charge < -0.3 is 19.7 Å². The van der Waals surface area contributed by atoms with Gasteiger partial charge in [0.05, 0.1) is 12.2 Å². The van der Waals surface area contributed by atoms with Gasteiger partial charge in [-0.3, -0.25) is 9.59 Å². The Balaban J connectivity index is 2.04. The van der Waals surface area contributed by atoms with Gasteiger partial charge >= 0.3 is 0 Å². The number of benzene rings is 2. The first-order valence-electron chi connectivity index (χ1n) is 8.82. The zero-order chi connectivity index (χ0) is 19.6. The van der Waals surface area contributed by atoms with Crippen LogP contribution in [0.5, 0.6) is 5.75 Å². The molecule has 6 heteroatoms. The van der Waals surface area contributed by atoms with Gasteiger partial charge in [0.2, 0.25) is 5.91 Å². The average Bonchev–Trinajstić information content (AvgIpc) is 2.67. The fourth-order valence-corrected chi connectivity index (χ4v) is 2.49. The third-order valence-corrected chi connectivity index (χ3v) is 3.99. The van der Waals surface area contributed by atoms with E-state index in [0.717, 1.165) is 5.56 Å². The first-order valence-corrected chi connectivity index (χ1v) is 8.82. The molecule has 2 amide bonds. The zero-order valence-corrected chi connectivity index (χ0v) is 16.0. The molecular formula is C21H26N2O4. The molecule has 0 aliphatic rings. The van der Waals surface area contributed by atoms with Crippen LogP contribution < -0.4 is 10.1 Å². The minimum atomic E-state index is -0.246. The molecule has 0 atom stereocenters. The van der Waals surface area contributed by atoms with Gasteiger partial charge in [-0.25, -0.2) is 0 Å². The monoisotopic (exact) mass is 370 g/mol. The van der Waals surface area contributed by atoms with Crippen molar-refractivity contribution >= 4 is 17.5 Å². The molecule has 0 aliphatic carbocycles. The van der Waals surface area contributed by atoms with E-state index in [1.165, 1.54) is 0 Å². The van der Waals surface area contributed by atoms with Crippen LogP contribution in [0.25, 0.3) is 0 Å².